The van der Waals surface area contributed by atoms with E-state index in [4.69, 9.17) is 11.2 Å². The minimum absolute atomic E-state index is 0.148. The molecule has 3 rings (SSSR count). The lowest BCUT2D eigenvalue weighted by Gasteiger charge is -2.10. The molecule has 1 N–H and O–H groups in total. The van der Waals surface area contributed by atoms with Crippen LogP contribution in [0.2, 0.25) is 0 Å². The largest absolute Gasteiger partial charge is 0.479 e. The average Bonchev–Trinajstić information content (AvgIpc) is 3.38. The first-order valence-corrected chi connectivity index (χ1v) is 7.63. The molecule has 1 amide bonds. The maximum atomic E-state index is 12.2. The van der Waals surface area contributed by atoms with Crippen molar-refractivity contribution in [2.24, 2.45) is 10.2 Å². The van der Waals surface area contributed by atoms with Crippen LogP contribution >= 0.6 is 0 Å². The molecular weight excluding hydrogens is 306 g/mol. The number of methoxy groups -OCH3 is 1. The van der Waals surface area contributed by atoms with Crippen LogP contribution in [-0.2, 0) is 4.79 Å². The summed E-state index contributed by atoms with van der Waals surface area (Å²) in [4.78, 5) is 20.7. The summed E-state index contributed by atoms with van der Waals surface area (Å²) in [5.74, 6) is 3.23. The summed E-state index contributed by atoms with van der Waals surface area (Å²) in [6.45, 7) is 0. The Balaban J connectivity index is 1.64. The zero-order valence-corrected chi connectivity index (χ0v) is 13.3. The number of pyridine rings is 2. The predicted molar refractivity (Wildman–Crippen MR) is 89.6 cm³/mol. The van der Waals surface area contributed by atoms with Crippen LogP contribution in [0.5, 0.6) is 5.88 Å². The molecule has 2 aromatic rings. The fourth-order valence-corrected chi connectivity index (χ4v) is 2.45. The van der Waals surface area contributed by atoms with E-state index in [0.29, 0.717) is 42.9 Å². The van der Waals surface area contributed by atoms with E-state index >= 15 is 0 Å². The monoisotopic (exact) mass is 323 g/mol. The summed E-state index contributed by atoms with van der Waals surface area (Å²) in [5.41, 5.74) is 0.198. The highest BCUT2D eigenvalue weighted by molar-refractivity contribution is 5.93. The molecule has 2 aromatic heterocycles. The number of nitrogens with one attached hydrogen (secondary N) is 1. The molecule has 0 aliphatic carbocycles. The van der Waals surface area contributed by atoms with Crippen molar-refractivity contribution in [3.8, 4) is 18.2 Å². The highest BCUT2D eigenvalue weighted by atomic mass is 16.5. The topological polar surface area (TPSA) is 88.8 Å². The smallest absolute Gasteiger partial charge is 0.242 e. The summed E-state index contributed by atoms with van der Waals surface area (Å²) >= 11 is 0. The van der Waals surface area contributed by atoms with Crippen LogP contribution in [0.3, 0.4) is 0 Å². The van der Waals surface area contributed by atoms with Crippen LogP contribution in [0.15, 0.2) is 34.6 Å². The lowest BCUT2D eigenvalue weighted by molar-refractivity contribution is -0.116. The number of nitrogens with zero attached hydrogens (tertiary/aromatic N) is 4. The van der Waals surface area contributed by atoms with Crippen molar-refractivity contribution in [2.75, 3.05) is 12.4 Å². The number of hydrogen-bond donors (Lipinski definition) is 1. The summed E-state index contributed by atoms with van der Waals surface area (Å²) in [6.07, 6.45) is 9.06. The predicted octanol–water partition coefficient (Wildman–Crippen LogP) is 2.93. The third kappa shape index (κ3) is 3.49. The third-order valence-corrected chi connectivity index (χ3v) is 3.82. The van der Waals surface area contributed by atoms with Gasteiger partial charge in [0.05, 0.1) is 7.11 Å². The van der Waals surface area contributed by atoms with Crippen LogP contribution in [-0.4, -0.2) is 28.6 Å². The minimum Gasteiger partial charge on any atom is -0.479 e. The van der Waals surface area contributed by atoms with E-state index in [0.717, 1.165) is 5.39 Å². The quantitative estimate of drug-likeness (QED) is 0.793. The number of carbonyl (C=O) groups excluding carboxylic acids is 1. The van der Waals surface area contributed by atoms with Gasteiger partial charge in [0.15, 0.2) is 5.66 Å². The number of ether oxygens (including phenoxy) is 1. The van der Waals surface area contributed by atoms with E-state index in [1.165, 1.54) is 7.11 Å². The second-order valence-electron chi connectivity index (χ2n) is 5.53. The SMILES string of the molecule is C#CCCC1(CCC(=O)Nc2cc3cccnc3c(OC)n2)N=N1. The second kappa shape index (κ2) is 6.62. The fourth-order valence-electron chi connectivity index (χ4n) is 2.45. The van der Waals surface area contributed by atoms with Gasteiger partial charge in [0.25, 0.3) is 0 Å². The molecule has 0 saturated carbocycles. The van der Waals surface area contributed by atoms with Gasteiger partial charge < -0.3 is 10.1 Å². The van der Waals surface area contributed by atoms with Crippen LogP contribution < -0.4 is 10.1 Å². The van der Waals surface area contributed by atoms with Crippen LogP contribution in [0.4, 0.5) is 5.82 Å². The van der Waals surface area contributed by atoms with E-state index in [2.05, 4.69) is 31.4 Å². The Morgan fingerprint density at radius 3 is 2.96 bits per heavy atom. The first-order valence-electron chi connectivity index (χ1n) is 7.63. The van der Waals surface area contributed by atoms with Crippen molar-refractivity contribution < 1.29 is 9.53 Å². The zero-order chi connectivity index (χ0) is 17.0. The van der Waals surface area contributed by atoms with E-state index in [9.17, 15) is 4.79 Å². The third-order valence-electron chi connectivity index (χ3n) is 3.82. The molecule has 0 fully saturated rings. The summed E-state index contributed by atoms with van der Waals surface area (Å²) in [6, 6.07) is 5.47. The van der Waals surface area contributed by atoms with Gasteiger partial charge in [-0.05, 0) is 12.1 Å². The molecule has 7 nitrogen and oxygen atoms in total. The standard InChI is InChI=1S/C17H17N5O2/c1-3-4-8-17(21-22-17)9-7-14(23)19-13-11-12-6-5-10-18-15(12)16(20-13)24-2/h1,5-6,10-11H,4,7-9H2,2H3,(H,19,20,23). The Morgan fingerprint density at radius 2 is 2.25 bits per heavy atom. The van der Waals surface area contributed by atoms with Gasteiger partial charge in [-0.2, -0.15) is 15.2 Å². The van der Waals surface area contributed by atoms with Crippen molar-refractivity contribution in [3.63, 3.8) is 0 Å². The van der Waals surface area contributed by atoms with Crippen LogP contribution in [0, 0.1) is 12.3 Å². The number of fused-ring (bicyclic) bond motifs is 1. The summed E-state index contributed by atoms with van der Waals surface area (Å²) in [7, 11) is 1.52. The Bertz CT molecular complexity index is 834. The first-order chi connectivity index (χ1) is 11.7. The summed E-state index contributed by atoms with van der Waals surface area (Å²) < 4.78 is 5.24. The number of aromatic nitrogens is 2. The van der Waals surface area contributed by atoms with Crippen LogP contribution in [0.1, 0.15) is 25.7 Å². The molecule has 0 radical (unpaired) electrons. The lowest BCUT2D eigenvalue weighted by Crippen LogP contribution is -2.18. The molecule has 1 aliphatic heterocycles. The Hall–Kier alpha value is -3.01. The van der Waals surface area contributed by atoms with Gasteiger partial charge in [-0.15, -0.1) is 12.3 Å². The normalized spacial score (nSPS) is 14.2. The molecule has 0 atom stereocenters. The van der Waals surface area contributed by atoms with Crippen molar-refractivity contribution in [1.82, 2.24) is 9.97 Å². The number of anilines is 1. The molecule has 1 aliphatic rings. The first kappa shape index (κ1) is 15.9. The Labute approximate surface area is 139 Å². The lowest BCUT2D eigenvalue weighted by atomic mass is 10.0. The molecule has 0 bridgehead atoms. The maximum Gasteiger partial charge on any atom is 0.242 e. The van der Waals surface area contributed by atoms with E-state index < -0.39 is 5.66 Å². The highest BCUT2D eigenvalue weighted by Gasteiger charge is 2.39. The maximum absolute atomic E-state index is 12.2. The molecule has 3 heterocycles. The van der Waals surface area contributed by atoms with Gasteiger partial charge in [0.2, 0.25) is 11.8 Å². The molecule has 122 valence electrons. The number of rotatable bonds is 7. The molecule has 0 unspecified atom stereocenters. The van der Waals surface area contributed by atoms with E-state index in [1.54, 1.807) is 12.3 Å². The molecule has 0 saturated heterocycles. The van der Waals surface area contributed by atoms with Gasteiger partial charge in [-0.1, -0.05) is 6.07 Å². The van der Waals surface area contributed by atoms with Crippen molar-refractivity contribution >= 4 is 22.6 Å². The van der Waals surface area contributed by atoms with Gasteiger partial charge in [0.1, 0.15) is 11.3 Å². The Kier molecular flexibility index (Phi) is 4.38. The van der Waals surface area contributed by atoms with Gasteiger partial charge in [-0.3, -0.25) is 9.78 Å². The van der Waals surface area contributed by atoms with Gasteiger partial charge in [0, 0.05) is 37.3 Å². The van der Waals surface area contributed by atoms with Gasteiger partial charge in [-0.25, -0.2) is 0 Å². The molecular formula is C17H17N5O2. The number of hydrogen-bond acceptors (Lipinski definition) is 6. The molecule has 0 spiro atoms. The second-order valence-corrected chi connectivity index (χ2v) is 5.53. The zero-order valence-electron chi connectivity index (χ0n) is 13.3. The van der Waals surface area contributed by atoms with Crippen molar-refractivity contribution in [2.45, 2.75) is 31.3 Å². The highest BCUT2D eigenvalue weighted by Crippen LogP contribution is 2.37. The number of terminal acetylenes is 1. The van der Waals surface area contributed by atoms with Crippen molar-refractivity contribution in [3.05, 3.63) is 24.4 Å². The number of carbonyl (C=O) groups is 1. The molecule has 7 heteroatoms. The average molecular weight is 323 g/mol. The van der Waals surface area contributed by atoms with E-state index in [-0.39, 0.29) is 5.91 Å². The molecule has 24 heavy (non-hydrogen) atoms. The van der Waals surface area contributed by atoms with Crippen LogP contribution in [0.25, 0.3) is 10.9 Å². The van der Waals surface area contributed by atoms with Crippen molar-refractivity contribution in [1.29, 1.82) is 0 Å². The summed E-state index contributed by atoms with van der Waals surface area (Å²) in [5, 5.41) is 11.7. The number of amides is 1. The van der Waals surface area contributed by atoms with Gasteiger partial charge >= 0.3 is 0 Å². The van der Waals surface area contributed by atoms with E-state index in [1.807, 2.05) is 12.1 Å². The Morgan fingerprint density at radius 1 is 1.42 bits per heavy atom. The minimum atomic E-state index is -0.456. The molecule has 0 aromatic carbocycles. The fraction of sp³-hybridized carbons (Fsp3) is 0.353.